The van der Waals surface area contributed by atoms with E-state index in [1.165, 1.54) is 11.3 Å². The zero-order valence-corrected chi connectivity index (χ0v) is 16.2. The molecule has 2 aromatic rings. The van der Waals surface area contributed by atoms with E-state index < -0.39 is 0 Å². The van der Waals surface area contributed by atoms with E-state index in [4.69, 9.17) is 39.5 Å². The molecule has 1 aromatic heterocycles. The molecule has 9 heteroatoms. The molecule has 0 saturated carbocycles. The van der Waals surface area contributed by atoms with E-state index in [0.717, 1.165) is 11.2 Å². The summed E-state index contributed by atoms with van der Waals surface area (Å²) in [4.78, 5) is 12.6. The largest absolute Gasteiger partial charge is 0.383 e. The number of amides is 1. The summed E-state index contributed by atoms with van der Waals surface area (Å²) >= 11 is 19.7. The molecule has 0 spiro atoms. The van der Waals surface area contributed by atoms with E-state index in [2.05, 4.69) is 10.6 Å². The number of hydrogen-bond donors (Lipinski definition) is 2. The van der Waals surface area contributed by atoms with Gasteiger partial charge >= 0.3 is 0 Å². The Kier molecular flexibility index (Phi) is 8.93. The maximum atomic E-state index is 12.2. The minimum atomic E-state index is -0.216. The summed E-state index contributed by atoms with van der Waals surface area (Å²) in [5, 5.41) is 7.96. The number of methoxy groups -OCH3 is 1. The number of halogens is 4. The van der Waals surface area contributed by atoms with Gasteiger partial charge in [0.2, 0.25) is 0 Å². The second-order valence-electron chi connectivity index (χ2n) is 4.50. The van der Waals surface area contributed by atoms with E-state index in [1.54, 1.807) is 19.2 Å². The molecule has 23 heavy (non-hydrogen) atoms. The van der Waals surface area contributed by atoms with Crippen LogP contribution in [0.15, 0.2) is 12.1 Å². The number of benzene rings is 1. The zero-order chi connectivity index (χ0) is 16.1. The summed E-state index contributed by atoms with van der Waals surface area (Å²) in [5.41, 5.74) is 0. The van der Waals surface area contributed by atoms with E-state index in [1.807, 2.05) is 0 Å². The summed E-state index contributed by atoms with van der Waals surface area (Å²) < 4.78 is 5.72. The van der Waals surface area contributed by atoms with Crippen molar-refractivity contribution in [2.24, 2.45) is 0 Å². The Morgan fingerprint density at radius 3 is 2.65 bits per heavy atom. The highest BCUT2D eigenvalue weighted by Gasteiger charge is 2.19. The Morgan fingerprint density at radius 2 is 1.96 bits per heavy atom. The Morgan fingerprint density at radius 1 is 1.22 bits per heavy atom. The van der Waals surface area contributed by atoms with Crippen LogP contribution in [0.25, 0.3) is 10.1 Å². The van der Waals surface area contributed by atoms with Gasteiger partial charge in [-0.2, -0.15) is 0 Å². The minimum Gasteiger partial charge on any atom is -0.383 e. The first-order valence-electron chi connectivity index (χ1n) is 6.59. The number of fused-ring (bicyclic) bond motifs is 1. The second-order valence-corrected chi connectivity index (χ2v) is 6.78. The summed E-state index contributed by atoms with van der Waals surface area (Å²) in [6.07, 6.45) is 0. The number of hydrogen-bond acceptors (Lipinski definition) is 4. The molecule has 0 unspecified atom stereocenters. The van der Waals surface area contributed by atoms with Crippen molar-refractivity contribution < 1.29 is 9.53 Å². The molecule has 0 fully saturated rings. The second kappa shape index (κ2) is 9.89. The molecule has 2 rings (SSSR count). The van der Waals surface area contributed by atoms with E-state index in [0.29, 0.717) is 45.0 Å². The molecule has 0 radical (unpaired) electrons. The molecule has 1 heterocycles. The first kappa shape index (κ1) is 20.8. The first-order chi connectivity index (χ1) is 10.5. The molecule has 0 bridgehead atoms. The Bertz CT molecular complexity index is 678. The fourth-order valence-corrected chi connectivity index (χ4v) is 4.20. The van der Waals surface area contributed by atoms with Crippen LogP contribution < -0.4 is 10.6 Å². The van der Waals surface area contributed by atoms with Crippen LogP contribution >= 0.6 is 58.5 Å². The summed E-state index contributed by atoms with van der Waals surface area (Å²) in [5.74, 6) is -0.216. The van der Waals surface area contributed by atoms with Crippen LogP contribution in [0.5, 0.6) is 0 Å². The summed E-state index contributed by atoms with van der Waals surface area (Å²) in [7, 11) is 1.64. The molecule has 0 aliphatic heterocycles. The number of ether oxygens (including phenoxy) is 1. The third-order valence-corrected chi connectivity index (χ3v) is 5.07. The summed E-state index contributed by atoms with van der Waals surface area (Å²) in [6, 6.07) is 3.37. The third kappa shape index (κ3) is 5.36. The van der Waals surface area contributed by atoms with Gasteiger partial charge in [0, 0.05) is 41.9 Å². The van der Waals surface area contributed by atoms with Crippen LogP contribution in [0.3, 0.4) is 0 Å². The number of carbonyl (C=O) groups is 1. The topological polar surface area (TPSA) is 50.4 Å². The van der Waals surface area contributed by atoms with E-state index >= 15 is 0 Å². The molecule has 0 aliphatic carbocycles. The van der Waals surface area contributed by atoms with Gasteiger partial charge in [-0.15, -0.1) is 23.7 Å². The molecular weight excluding hydrogens is 402 g/mol. The van der Waals surface area contributed by atoms with Gasteiger partial charge < -0.3 is 15.4 Å². The van der Waals surface area contributed by atoms with Crippen LogP contribution in [-0.2, 0) is 4.74 Å². The van der Waals surface area contributed by atoms with Crippen LogP contribution in [-0.4, -0.2) is 39.3 Å². The van der Waals surface area contributed by atoms with Crippen molar-refractivity contribution in [2.45, 2.75) is 0 Å². The van der Waals surface area contributed by atoms with Gasteiger partial charge in [0.05, 0.1) is 16.7 Å². The molecule has 0 atom stereocenters. The van der Waals surface area contributed by atoms with E-state index in [9.17, 15) is 4.79 Å². The lowest BCUT2D eigenvalue weighted by molar-refractivity contribution is 0.0958. The molecule has 4 nitrogen and oxygen atoms in total. The lowest BCUT2D eigenvalue weighted by atomic mass is 10.2. The third-order valence-electron chi connectivity index (χ3n) is 2.93. The first-order valence-corrected chi connectivity index (χ1v) is 8.54. The van der Waals surface area contributed by atoms with Gasteiger partial charge in [-0.25, -0.2) is 0 Å². The zero-order valence-electron chi connectivity index (χ0n) is 12.3. The fraction of sp³-hybridized carbons (Fsp3) is 0.357. The predicted molar refractivity (Wildman–Crippen MR) is 101 cm³/mol. The average Bonchev–Trinajstić information content (AvgIpc) is 2.79. The normalized spacial score (nSPS) is 10.6. The van der Waals surface area contributed by atoms with Crippen molar-refractivity contribution in [1.82, 2.24) is 10.6 Å². The van der Waals surface area contributed by atoms with E-state index in [-0.39, 0.29) is 18.3 Å². The molecule has 2 N–H and O–H groups in total. The predicted octanol–water partition coefficient (Wildman–Crippen LogP) is 4.25. The van der Waals surface area contributed by atoms with Gasteiger partial charge in [-0.05, 0) is 12.1 Å². The van der Waals surface area contributed by atoms with Crippen molar-refractivity contribution in [2.75, 3.05) is 33.4 Å². The maximum Gasteiger partial charge on any atom is 0.262 e. The number of thiophene rings is 1. The Balaban J connectivity index is 0.00000264. The van der Waals surface area contributed by atoms with Crippen molar-refractivity contribution in [3.63, 3.8) is 0 Å². The van der Waals surface area contributed by atoms with Crippen LogP contribution in [0.1, 0.15) is 9.67 Å². The van der Waals surface area contributed by atoms with Gasteiger partial charge in [0.1, 0.15) is 4.88 Å². The van der Waals surface area contributed by atoms with Crippen molar-refractivity contribution in [3.05, 3.63) is 32.1 Å². The molecule has 128 valence electrons. The smallest absolute Gasteiger partial charge is 0.262 e. The molecule has 1 amide bonds. The molecule has 0 aliphatic rings. The maximum absolute atomic E-state index is 12.2. The highest BCUT2D eigenvalue weighted by molar-refractivity contribution is 7.21. The lowest BCUT2D eigenvalue weighted by Gasteiger charge is -2.05. The quantitative estimate of drug-likeness (QED) is 0.662. The van der Waals surface area contributed by atoms with Gasteiger partial charge in [-0.1, -0.05) is 34.8 Å². The minimum absolute atomic E-state index is 0. The number of rotatable bonds is 7. The van der Waals surface area contributed by atoms with Crippen molar-refractivity contribution in [3.8, 4) is 0 Å². The van der Waals surface area contributed by atoms with Crippen molar-refractivity contribution in [1.29, 1.82) is 0 Å². The summed E-state index contributed by atoms with van der Waals surface area (Å²) in [6.45, 7) is 2.53. The Labute approximate surface area is 159 Å². The highest BCUT2D eigenvalue weighted by atomic mass is 35.5. The molecule has 1 aromatic carbocycles. The average molecular weight is 418 g/mol. The van der Waals surface area contributed by atoms with Gasteiger partial charge in [-0.3, -0.25) is 4.79 Å². The highest BCUT2D eigenvalue weighted by Crippen LogP contribution is 2.41. The SMILES string of the molecule is COCCNCCNC(=O)c1sc2cc(Cl)cc(Cl)c2c1Cl.Cl. The van der Waals surface area contributed by atoms with Crippen molar-refractivity contribution >= 4 is 74.5 Å². The Hall–Kier alpha value is -0.270. The van der Waals surface area contributed by atoms with Gasteiger partial charge in [0.15, 0.2) is 0 Å². The van der Waals surface area contributed by atoms with Crippen LogP contribution in [0.4, 0.5) is 0 Å². The number of nitrogens with one attached hydrogen (secondary N) is 2. The van der Waals surface area contributed by atoms with Crippen LogP contribution in [0.2, 0.25) is 15.1 Å². The van der Waals surface area contributed by atoms with Gasteiger partial charge in [0.25, 0.3) is 5.91 Å². The number of carbonyl (C=O) groups excluding carboxylic acids is 1. The monoisotopic (exact) mass is 416 g/mol. The van der Waals surface area contributed by atoms with Crippen LogP contribution in [0, 0.1) is 0 Å². The standard InChI is InChI=1S/C14H15Cl3N2O2S.ClH/c1-21-5-4-18-2-3-19-14(20)13-12(17)11-9(16)6-8(15)7-10(11)22-13;/h6-7,18H,2-5H2,1H3,(H,19,20);1H. The fourth-order valence-electron chi connectivity index (χ4n) is 1.90. The molecular formula is C14H16Cl4N2O2S. The molecule has 0 saturated heterocycles. The lowest BCUT2D eigenvalue weighted by Crippen LogP contribution is -2.32.